The average molecular weight is 690 g/mol. The van der Waals surface area contributed by atoms with Gasteiger partial charge in [-0.2, -0.15) is 0 Å². The number of hydrogen-bond donors (Lipinski definition) is 0. The van der Waals surface area contributed by atoms with Crippen molar-refractivity contribution in [2.45, 2.75) is 0 Å². The molecule has 0 bridgehead atoms. The summed E-state index contributed by atoms with van der Waals surface area (Å²) in [5, 5.41) is 2.40. The average Bonchev–Trinajstić information content (AvgIpc) is 3.39. The van der Waals surface area contributed by atoms with Crippen molar-refractivity contribution in [1.29, 1.82) is 0 Å². The lowest BCUT2D eigenvalue weighted by Crippen LogP contribution is -2.10. The van der Waals surface area contributed by atoms with Crippen LogP contribution in [0.4, 0.5) is 17.1 Å². The first-order valence-corrected chi connectivity index (χ1v) is 18.4. The normalized spacial score (nSPS) is 11.5. The van der Waals surface area contributed by atoms with Gasteiger partial charge in [0.25, 0.3) is 0 Å². The highest BCUT2D eigenvalue weighted by Crippen LogP contribution is 2.52. The Bertz CT molecular complexity index is 2770. The fourth-order valence-electron chi connectivity index (χ4n) is 7.82. The number of hydrogen-bond acceptors (Lipinski definition) is 2. The van der Waals surface area contributed by atoms with Gasteiger partial charge in [-0.1, -0.05) is 158 Å². The SMILES string of the molecule is c1ccc(-c2ccc(N(c3ccc4c(c3)Oc3ccc(-c5ccccc5)cc3-c3c(-c5ccccc5)cccc3-4)c3ccc4ccccc4c3)cc2)cc1. The molecule has 0 saturated heterocycles. The van der Waals surface area contributed by atoms with Gasteiger partial charge in [-0.15, -0.1) is 0 Å². The van der Waals surface area contributed by atoms with Crippen molar-refractivity contribution in [3.8, 4) is 67.1 Å². The van der Waals surface area contributed by atoms with E-state index in [4.69, 9.17) is 4.74 Å². The van der Waals surface area contributed by atoms with Gasteiger partial charge in [0.1, 0.15) is 11.5 Å². The van der Waals surface area contributed by atoms with Gasteiger partial charge in [0.15, 0.2) is 0 Å². The molecule has 10 rings (SSSR count). The number of anilines is 3. The van der Waals surface area contributed by atoms with E-state index in [0.717, 1.165) is 50.8 Å². The molecule has 1 aliphatic rings. The first kappa shape index (κ1) is 31.6. The summed E-state index contributed by atoms with van der Waals surface area (Å²) < 4.78 is 7.05. The Morgan fingerprint density at radius 1 is 0.278 bits per heavy atom. The molecule has 254 valence electrons. The maximum absolute atomic E-state index is 7.05. The molecular formula is C52H35NO. The number of rotatable bonds is 6. The molecule has 2 nitrogen and oxygen atoms in total. The van der Waals surface area contributed by atoms with Gasteiger partial charge >= 0.3 is 0 Å². The zero-order valence-electron chi connectivity index (χ0n) is 29.6. The fraction of sp³-hybridized carbons (Fsp3) is 0. The summed E-state index contributed by atoms with van der Waals surface area (Å²) in [6.07, 6.45) is 0. The van der Waals surface area contributed by atoms with Crippen molar-refractivity contribution in [2.24, 2.45) is 0 Å². The quantitative estimate of drug-likeness (QED) is 0.172. The third-order valence-corrected chi connectivity index (χ3v) is 10.5. The van der Waals surface area contributed by atoms with Gasteiger partial charge in [0, 0.05) is 39.8 Å². The zero-order valence-corrected chi connectivity index (χ0v) is 29.6. The van der Waals surface area contributed by atoms with Crippen LogP contribution >= 0.6 is 0 Å². The predicted octanol–water partition coefficient (Wildman–Crippen LogP) is 14.8. The molecule has 1 aliphatic heterocycles. The van der Waals surface area contributed by atoms with Gasteiger partial charge in [0.2, 0.25) is 0 Å². The summed E-state index contributed by atoms with van der Waals surface area (Å²) in [4.78, 5) is 2.33. The van der Waals surface area contributed by atoms with E-state index in [-0.39, 0.29) is 0 Å². The summed E-state index contributed by atoms with van der Waals surface area (Å²) in [7, 11) is 0. The van der Waals surface area contributed by atoms with Crippen LogP contribution in [-0.2, 0) is 0 Å². The number of nitrogens with zero attached hydrogens (tertiary/aromatic N) is 1. The van der Waals surface area contributed by atoms with Crippen LogP contribution in [0.25, 0.3) is 66.4 Å². The molecule has 0 N–H and O–H groups in total. The molecule has 0 spiro atoms. The van der Waals surface area contributed by atoms with Gasteiger partial charge < -0.3 is 9.64 Å². The Morgan fingerprint density at radius 2 is 0.833 bits per heavy atom. The first-order valence-electron chi connectivity index (χ1n) is 18.4. The second-order valence-corrected chi connectivity index (χ2v) is 13.7. The van der Waals surface area contributed by atoms with Crippen LogP contribution in [0.1, 0.15) is 0 Å². The van der Waals surface area contributed by atoms with E-state index in [1.807, 2.05) is 0 Å². The Morgan fingerprint density at radius 3 is 1.57 bits per heavy atom. The third-order valence-electron chi connectivity index (χ3n) is 10.5. The van der Waals surface area contributed by atoms with Crippen LogP contribution < -0.4 is 9.64 Å². The fourth-order valence-corrected chi connectivity index (χ4v) is 7.82. The summed E-state index contributed by atoms with van der Waals surface area (Å²) in [5.41, 5.74) is 14.7. The second kappa shape index (κ2) is 13.4. The molecule has 0 fully saturated rings. The maximum atomic E-state index is 7.05. The largest absolute Gasteiger partial charge is 0.456 e. The Balaban J connectivity index is 1.16. The highest BCUT2D eigenvalue weighted by Gasteiger charge is 2.26. The van der Waals surface area contributed by atoms with E-state index >= 15 is 0 Å². The van der Waals surface area contributed by atoms with E-state index in [2.05, 4.69) is 217 Å². The van der Waals surface area contributed by atoms with Crippen molar-refractivity contribution in [3.63, 3.8) is 0 Å². The van der Waals surface area contributed by atoms with E-state index in [9.17, 15) is 0 Å². The lowest BCUT2D eigenvalue weighted by Gasteiger charge is -2.27. The highest BCUT2D eigenvalue weighted by atomic mass is 16.5. The lowest BCUT2D eigenvalue weighted by atomic mass is 9.86. The number of ether oxygens (including phenoxy) is 1. The lowest BCUT2D eigenvalue weighted by molar-refractivity contribution is 0.488. The maximum Gasteiger partial charge on any atom is 0.137 e. The first-order chi connectivity index (χ1) is 26.8. The van der Waals surface area contributed by atoms with Crippen LogP contribution in [0.3, 0.4) is 0 Å². The van der Waals surface area contributed by atoms with Crippen molar-refractivity contribution < 1.29 is 4.74 Å². The van der Waals surface area contributed by atoms with Gasteiger partial charge in [-0.25, -0.2) is 0 Å². The smallest absolute Gasteiger partial charge is 0.137 e. The molecule has 0 aliphatic carbocycles. The minimum atomic E-state index is 0.817. The molecule has 0 saturated carbocycles. The van der Waals surface area contributed by atoms with Crippen molar-refractivity contribution >= 4 is 27.8 Å². The van der Waals surface area contributed by atoms with E-state index < -0.39 is 0 Å². The molecule has 0 unspecified atom stereocenters. The molecule has 54 heavy (non-hydrogen) atoms. The molecule has 9 aromatic carbocycles. The van der Waals surface area contributed by atoms with Crippen molar-refractivity contribution in [1.82, 2.24) is 0 Å². The number of benzene rings is 9. The minimum absolute atomic E-state index is 0.817. The molecule has 0 atom stereocenters. The molecule has 0 radical (unpaired) electrons. The van der Waals surface area contributed by atoms with Crippen LogP contribution in [-0.4, -0.2) is 0 Å². The van der Waals surface area contributed by atoms with Gasteiger partial charge in [-0.3, -0.25) is 0 Å². The topological polar surface area (TPSA) is 12.5 Å². The molecule has 1 heterocycles. The molecule has 2 heteroatoms. The summed E-state index contributed by atoms with van der Waals surface area (Å²) in [6, 6.07) is 75.7. The third kappa shape index (κ3) is 5.71. The van der Waals surface area contributed by atoms with Crippen LogP contribution in [0.2, 0.25) is 0 Å². The van der Waals surface area contributed by atoms with Crippen LogP contribution in [0.15, 0.2) is 212 Å². The highest BCUT2D eigenvalue weighted by molar-refractivity contribution is 6.00. The van der Waals surface area contributed by atoms with E-state index in [1.165, 1.54) is 44.2 Å². The minimum Gasteiger partial charge on any atom is -0.456 e. The Kier molecular flexibility index (Phi) is 7.85. The van der Waals surface area contributed by atoms with Crippen LogP contribution in [0, 0.1) is 0 Å². The summed E-state index contributed by atoms with van der Waals surface area (Å²) in [5.74, 6) is 1.65. The van der Waals surface area contributed by atoms with Crippen LogP contribution in [0.5, 0.6) is 11.5 Å². The molecule has 0 amide bonds. The van der Waals surface area contributed by atoms with E-state index in [0.29, 0.717) is 0 Å². The second-order valence-electron chi connectivity index (χ2n) is 13.7. The Labute approximate surface area is 315 Å². The van der Waals surface area contributed by atoms with Crippen molar-refractivity contribution in [2.75, 3.05) is 4.90 Å². The van der Waals surface area contributed by atoms with E-state index in [1.54, 1.807) is 0 Å². The van der Waals surface area contributed by atoms with Gasteiger partial charge in [0.05, 0.1) is 0 Å². The summed E-state index contributed by atoms with van der Waals surface area (Å²) >= 11 is 0. The zero-order chi connectivity index (χ0) is 35.8. The molecule has 9 aromatic rings. The standard InChI is InChI=1S/C52H35NO/c1-4-13-36(14-5-1)39-23-27-43(28-24-39)53(44-29-25-38-17-10-11-20-41(38)33-44)45-30-31-47-48-22-12-21-46(40-18-8-3-9-19-40)52(48)49-34-42(37-15-6-2-7-16-37)26-32-50(49)54-51(47)35-45/h1-35H. The number of fused-ring (bicyclic) bond motifs is 6. The molecule has 0 aromatic heterocycles. The predicted molar refractivity (Wildman–Crippen MR) is 226 cm³/mol. The Hall–Kier alpha value is -7.16. The van der Waals surface area contributed by atoms with Crippen molar-refractivity contribution in [3.05, 3.63) is 212 Å². The van der Waals surface area contributed by atoms with Gasteiger partial charge in [-0.05, 0) is 98.2 Å². The summed E-state index contributed by atoms with van der Waals surface area (Å²) in [6.45, 7) is 0. The monoisotopic (exact) mass is 689 g/mol. The molecular weight excluding hydrogens is 655 g/mol.